The molecule has 0 radical (unpaired) electrons. The number of carbonyl (C=O) groups excluding carboxylic acids is 1. The second-order valence-electron chi connectivity index (χ2n) is 6.46. The second-order valence-corrected chi connectivity index (χ2v) is 6.46. The van der Waals surface area contributed by atoms with E-state index in [0.717, 1.165) is 17.7 Å². The van der Waals surface area contributed by atoms with Gasteiger partial charge in [0.2, 0.25) is 0 Å². The minimum absolute atomic E-state index is 0.115. The second kappa shape index (κ2) is 7.93. The molecule has 0 fully saturated rings. The van der Waals surface area contributed by atoms with Crippen molar-refractivity contribution in [3.05, 3.63) is 71.0 Å². The van der Waals surface area contributed by atoms with Gasteiger partial charge in [0.1, 0.15) is 0 Å². The lowest BCUT2D eigenvalue weighted by atomic mass is 10.1. The molecular formula is C20H22N4O2. The number of carbonyl (C=O) groups is 1. The molecular weight excluding hydrogens is 328 g/mol. The van der Waals surface area contributed by atoms with Gasteiger partial charge in [0.15, 0.2) is 5.82 Å². The lowest BCUT2D eigenvalue weighted by Gasteiger charge is -2.10. The summed E-state index contributed by atoms with van der Waals surface area (Å²) in [7, 11) is 4.08. The van der Waals surface area contributed by atoms with Crippen LogP contribution >= 0.6 is 0 Å². The van der Waals surface area contributed by atoms with Crippen LogP contribution < -0.4 is 5.32 Å². The van der Waals surface area contributed by atoms with Crippen LogP contribution in [0.15, 0.2) is 53.1 Å². The predicted octanol–water partition coefficient (Wildman–Crippen LogP) is 3.04. The van der Waals surface area contributed by atoms with Crippen LogP contribution in [0.25, 0.3) is 11.5 Å². The Bertz CT molecular complexity index is 868. The summed E-state index contributed by atoms with van der Waals surface area (Å²) in [5.74, 6) is 0.918. The van der Waals surface area contributed by atoms with Crippen molar-refractivity contribution in [3.63, 3.8) is 0 Å². The Morgan fingerprint density at radius 2 is 1.69 bits per heavy atom. The van der Waals surface area contributed by atoms with E-state index in [1.165, 1.54) is 5.56 Å². The number of nitrogens with one attached hydrogen (secondary N) is 1. The third-order valence-corrected chi connectivity index (χ3v) is 3.90. The predicted molar refractivity (Wildman–Crippen MR) is 99.5 cm³/mol. The Hall–Kier alpha value is -2.99. The van der Waals surface area contributed by atoms with Gasteiger partial charge in [-0.25, -0.2) is 0 Å². The Labute approximate surface area is 152 Å². The molecule has 0 aliphatic rings. The van der Waals surface area contributed by atoms with Crippen LogP contribution in [-0.2, 0) is 13.1 Å². The SMILES string of the molecule is Cc1noc(-c2ccc(C(=O)NCc3ccc(CN(C)C)cc3)cc2)n1. The maximum Gasteiger partial charge on any atom is 0.257 e. The maximum atomic E-state index is 12.3. The number of aromatic nitrogens is 2. The summed E-state index contributed by atoms with van der Waals surface area (Å²) >= 11 is 0. The Morgan fingerprint density at radius 3 is 2.27 bits per heavy atom. The molecule has 0 bridgehead atoms. The molecule has 6 heteroatoms. The van der Waals surface area contributed by atoms with Crippen molar-refractivity contribution in [2.24, 2.45) is 0 Å². The molecule has 0 aliphatic carbocycles. The summed E-state index contributed by atoms with van der Waals surface area (Å²) in [6, 6.07) is 15.4. The van der Waals surface area contributed by atoms with Gasteiger partial charge in [-0.3, -0.25) is 4.79 Å². The molecule has 26 heavy (non-hydrogen) atoms. The summed E-state index contributed by atoms with van der Waals surface area (Å²) in [5, 5.41) is 6.71. The topological polar surface area (TPSA) is 71.3 Å². The van der Waals surface area contributed by atoms with Crippen molar-refractivity contribution in [2.45, 2.75) is 20.0 Å². The van der Waals surface area contributed by atoms with E-state index in [2.05, 4.69) is 32.5 Å². The minimum atomic E-state index is -0.115. The van der Waals surface area contributed by atoms with Crippen molar-refractivity contribution in [1.82, 2.24) is 20.4 Å². The first kappa shape index (κ1) is 17.8. The van der Waals surface area contributed by atoms with Crippen LogP contribution in [0.1, 0.15) is 27.3 Å². The molecule has 0 saturated carbocycles. The molecule has 0 aliphatic heterocycles. The van der Waals surface area contributed by atoms with E-state index in [4.69, 9.17) is 4.52 Å². The summed E-state index contributed by atoms with van der Waals surface area (Å²) in [6.07, 6.45) is 0. The van der Waals surface area contributed by atoms with Gasteiger partial charge in [-0.1, -0.05) is 29.4 Å². The van der Waals surface area contributed by atoms with Gasteiger partial charge < -0.3 is 14.7 Å². The van der Waals surface area contributed by atoms with Crippen LogP contribution in [-0.4, -0.2) is 35.0 Å². The molecule has 1 heterocycles. The number of hydrogen-bond acceptors (Lipinski definition) is 5. The van der Waals surface area contributed by atoms with E-state index in [0.29, 0.717) is 23.8 Å². The fourth-order valence-corrected chi connectivity index (χ4v) is 2.59. The summed E-state index contributed by atoms with van der Waals surface area (Å²) in [5.41, 5.74) is 3.70. The monoisotopic (exact) mass is 350 g/mol. The van der Waals surface area contributed by atoms with Crippen molar-refractivity contribution in [1.29, 1.82) is 0 Å². The Kier molecular flexibility index (Phi) is 5.43. The number of rotatable bonds is 6. The van der Waals surface area contributed by atoms with E-state index >= 15 is 0 Å². The first-order valence-corrected chi connectivity index (χ1v) is 8.43. The Balaban J connectivity index is 1.58. The van der Waals surface area contributed by atoms with Crippen molar-refractivity contribution < 1.29 is 9.32 Å². The standard InChI is InChI=1S/C20H22N4O2/c1-14-22-20(26-23-14)18-10-8-17(9-11-18)19(25)21-12-15-4-6-16(7-5-15)13-24(2)3/h4-11H,12-13H2,1-3H3,(H,21,25). The van der Waals surface area contributed by atoms with Crippen LogP contribution in [0.4, 0.5) is 0 Å². The highest BCUT2D eigenvalue weighted by Crippen LogP contribution is 2.17. The van der Waals surface area contributed by atoms with E-state index in [1.54, 1.807) is 31.2 Å². The smallest absolute Gasteiger partial charge is 0.257 e. The normalized spacial score (nSPS) is 10.9. The van der Waals surface area contributed by atoms with Crippen LogP contribution in [0.3, 0.4) is 0 Å². The average molecular weight is 350 g/mol. The number of aryl methyl sites for hydroxylation is 1. The van der Waals surface area contributed by atoms with E-state index < -0.39 is 0 Å². The van der Waals surface area contributed by atoms with E-state index in [1.807, 2.05) is 26.2 Å². The third-order valence-electron chi connectivity index (χ3n) is 3.90. The largest absolute Gasteiger partial charge is 0.348 e. The first-order chi connectivity index (χ1) is 12.5. The lowest BCUT2D eigenvalue weighted by molar-refractivity contribution is 0.0951. The molecule has 0 unspecified atom stereocenters. The zero-order valence-electron chi connectivity index (χ0n) is 15.2. The lowest BCUT2D eigenvalue weighted by Crippen LogP contribution is -2.22. The highest BCUT2D eigenvalue weighted by molar-refractivity contribution is 5.94. The molecule has 3 rings (SSSR count). The van der Waals surface area contributed by atoms with Gasteiger partial charge in [-0.05, 0) is 56.4 Å². The molecule has 1 aromatic heterocycles. The Morgan fingerprint density at radius 1 is 1.04 bits per heavy atom. The zero-order valence-corrected chi connectivity index (χ0v) is 15.2. The summed E-state index contributed by atoms with van der Waals surface area (Å²) in [6.45, 7) is 3.16. The zero-order chi connectivity index (χ0) is 18.5. The van der Waals surface area contributed by atoms with Crippen molar-refractivity contribution >= 4 is 5.91 Å². The maximum absolute atomic E-state index is 12.3. The molecule has 3 aromatic rings. The fourth-order valence-electron chi connectivity index (χ4n) is 2.59. The van der Waals surface area contributed by atoms with Crippen molar-refractivity contribution in [3.8, 4) is 11.5 Å². The molecule has 1 N–H and O–H groups in total. The van der Waals surface area contributed by atoms with E-state index in [-0.39, 0.29) is 5.91 Å². The quantitative estimate of drug-likeness (QED) is 0.740. The number of benzene rings is 2. The fraction of sp³-hybridized carbons (Fsp3) is 0.250. The molecule has 0 saturated heterocycles. The van der Waals surface area contributed by atoms with Gasteiger partial charge >= 0.3 is 0 Å². The van der Waals surface area contributed by atoms with E-state index in [9.17, 15) is 4.79 Å². The minimum Gasteiger partial charge on any atom is -0.348 e. The number of hydrogen-bond donors (Lipinski definition) is 1. The summed E-state index contributed by atoms with van der Waals surface area (Å²) in [4.78, 5) is 18.6. The van der Waals surface area contributed by atoms with Crippen LogP contribution in [0.2, 0.25) is 0 Å². The van der Waals surface area contributed by atoms with Gasteiger partial charge in [0, 0.05) is 24.2 Å². The molecule has 2 aromatic carbocycles. The molecule has 0 atom stereocenters. The van der Waals surface area contributed by atoms with Gasteiger partial charge in [-0.15, -0.1) is 0 Å². The van der Waals surface area contributed by atoms with Gasteiger partial charge in [-0.2, -0.15) is 4.98 Å². The highest BCUT2D eigenvalue weighted by Gasteiger charge is 2.09. The molecule has 6 nitrogen and oxygen atoms in total. The van der Waals surface area contributed by atoms with Gasteiger partial charge in [0.05, 0.1) is 0 Å². The number of amides is 1. The average Bonchev–Trinajstić information content (AvgIpc) is 3.07. The van der Waals surface area contributed by atoms with Gasteiger partial charge in [0.25, 0.3) is 11.8 Å². The molecule has 1 amide bonds. The van der Waals surface area contributed by atoms with Crippen molar-refractivity contribution in [2.75, 3.05) is 14.1 Å². The van der Waals surface area contributed by atoms with Crippen LogP contribution in [0.5, 0.6) is 0 Å². The summed E-state index contributed by atoms with van der Waals surface area (Å²) < 4.78 is 5.12. The number of nitrogens with zero attached hydrogens (tertiary/aromatic N) is 3. The highest BCUT2D eigenvalue weighted by atomic mass is 16.5. The molecule has 134 valence electrons. The van der Waals surface area contributed by atoms with Crippen LogP contribution in [0, 0.1) is 6.92 Å². The third kappa shape index (κ3) is 4.55. The first-order valence-electron chi connectivity index (χ1n) is 8.43. The molecule has 0 spiro atoms.